The van der Waals surface area contributed by atoms with Gasteiger partial charge in [0.05, 0.1) is 11.5 Å². The van der Waals surface area contributed by atoms with Crippen LogP contribution in [0.3, 0.4) is 0 Å². The molecule has 0 bridgehead atoms. The lowest BCUT2D eigenvalue weighted by Gasteiger charge is -2.09. The Labute approximate surface area is 127 Å². The summed E-state index contributed by atoms with van der Waals surface area (Å²) in [7, 11) is 0. The van der Waals surface area contributed by atoms with Crippen LogP contribution in [0.1, 0.15) is 17.4 Å². The molecule has 1 N–H and O–H groups in total. The first-order chi connectivity index (χ1) is 10.2. The van der Waals surface area contributed by atoms with Gasteiger partial charge >= 0.3 is 5.69 Å². The number of benzene rings is 1. The molecule has 2 aromatic rings. The predicted octanol–water partition coefficient (Wildman–Crippen LogP) is 3.39. The van der Waals surface area contributed by atoms with Crippen molar-refractivity contribution in [2.75, 3.05) is 13.2 Å². The first-order valence-electron chi connectivity index (χ1n) is 6.84. The second-order valence-electron chi connectivity index (χ2n) is 4.52. The molecule has 2 rings (SSSR count). The maximum atomic E-state index is 11.1. The van der Waals surface area contributed by atoms with E-state index in [1.807, 2.05) is 24.4 Å². The molecule has 21 heavy (non-hydrogen) atoms. The molecule has 1 aromatic carbocycles. The Morgan fingerprint density at radius 1 is 1.38 bits per heavy atom. The van der Waals surface area contributed by atoms with Crippen molar-refractivity contribution in [3.8, 4) is 5.75 Å². The van der Waals surface area contributed by atoms with Crippen LogP contribution in [-0.2, 0) is 13.0 Å². The van der Waals surface area contributed by atoms with Gasteiger partial charge < -0.3 is 10.1 Å². The number of ether oxygens (including phenoxy) is 1. The highest BCUT2D eigenvalue weighted by Crippen LogP contribution is 2.28. The Balaban J connectivity index is 2.04. The lowest BCUT2D eigenvalue weighted by molar-refractivity contribution is -0.385. The van der Waals surface area contributed by atoms with Crippen LogP contribution in [0.5, 0.6) is 5.75 Å². The van der Waals surface area contributed by atoms with Crippen molar-refractivity contribution in [2.24, 2.45) is 0 Å². The molecule has 1 aromatic heterocycles. The third kappa shape index (κ3) is 4.54. The summed E-state index contributed by atoms with van der Waals surface area (Å²) in [5, 5.41) is 16.3. The molecule has 0 aliphatic rings. The lowest BCUT2D eigenvalue weighted by atomic mass is 10.2. The van der Waals surface area contributed by atoms with Crippen LogP contribution in [0.15, 0.2) is 35.7 Å². The maximum absolute atomic E-state index is 11.1. The van der Waals surface area contributed by atoms with E-state index in [0.717, 1.165) is 18.5 Å². The van der Waals surface area contributed by atoms with Gasteiger partial charge in [0, 0.05) is 23.9 Å². The summed E-state index contributed by atoms with van der Waals surface area (Å²) in [6.07, 6.45) is 0.756. The molecule has 0 unspecified atom stereocenters. The number of nitrogens with zero attached hydrogens (tertiary/aromatic N) is 1. The maximum Gasteiger partial charge on any atom is 0.310 e. The minimum Gasteiger partial charge on any atom is -0.486 e. The van der Waals surface area contributed by atoms with Gasteiger partial charge in [-0.3, -0.25) is 10.1 Å². The molecular weight excluding hydrogens is 288 g/mol. The van der Waals surface area contributed by atoms with Crippen molar-refractivity contribution in [3.63, 3.8) is 0 Å². The number of rotatable bonds is 8. The zero-order chi connectivity index (χ0) is 15.1. The Bertz CT molecular complexity index is 585. The van der Waals surface area contributed by atoms with Crippen LogP contribution in [-0.4, -0.2) is 18.1 Å². The summed E-state index contributed by atoms with van der Waals surface area (Å²) in [5.74, 6) is 0.340. The standard InChI is InChI=1S/C15H18N2O3S/c1-2-16-11-12-5-6-14(17(18)19)15(10-12)20-8-7-13-4-3-9-21-13/h3-6,9-10,16H,2,7-8,11H2,1H3. The van der Waals surface area contributed by atoms with Gasteiger partial charge in [0.25, 0.3) is 0 Å². The molecule has 1 heterocycles. The van der Waals surface area contributed by atoms with Crippen molar-refractivity contribution >= 4 is 17.0 Å². The average molecular weight is 306 g/mol. The highest BCUT2D eigenvalue weighted by molar-refractivity contribution is 7.09. The van der Waals surface area contributed by atoms with E-state index in [2.05, 4.69) is 5.32 Å². The monoisotopic (exact) mass is 306 g/mol. The van der Waals surface area contributed by atoms with Crippen LogP contribution in [0, 0.1) is 10.1 Å². The van der Waals surface area contributed by atoms with Crippen molar-refractivity contribution < 1.29 is 9.66 Å². The summed E-state index contributed by atoms with van der Waals surface area (Å²) < 4.78 is 5.63. The summed E-state index contributed by atoms with van der Waals surface area (Å²) in [6.45, 7) is 3.98. The molecule has 0 atom stereocenters. The van der Waals surface area contributed by atoms with E-state index in [1.54, 1.807) is 23.5 Å². The fourth-order valence-corrected chi connectivity index (χ4v) is 2.61. The van der Waals surface area contributed by atoms with Gasteiger partial charge in [-0.1, -0.05) is 19.1 Å². The van der Waals surface area contributed by atoms with Gasteiger partial charge in [-0.2, -0.15) is 0 Å². The summed E-state index contributed by atoms with van der Waals surface area (Å²) in [6, 6.07) is 9.03. The first-order valence-corrected chi connectivity index (χ1v) is 7.72. The minimum absolute atomic E-state index is 0.0152. The highest BCUT2D eigenvalue weighted by Gasteiger charge is 2.15. The van der Waals surface area contributed by atoms with Crippen LogP contribution < -0.4 is 10.1 Å². The predicted molar refractivity (Wildman–Crippen MR) is 84.0 cm³/mol. The molecule has 0 saturated heterocycles. The molecule has 0 spiro atoms. The Kier molecular flexibility index (Phi) is 5.71. The third-order valence-corrected chi connectivity index (χ3v) is 3.92. The van der Waals surface area contributed by atoms with Gasteiger partial charge in [-0.25, -0.2) is 0 Å². The van der Waals surface area contributed by atoms with E-state index in [0.29, 0.717) is 18.9 Å². The van der Waals surface area contributed by atoms with Gasteiger partial charge in [-0.15, -0.1) is 11.3 Å². The number of hydrogen-bond donors (Lipinski definition) is 1. The molecule has 0 aliphatic heterocycles. The third-order valence-electron chi connectivity index (χ3n) is 2.99. The topological polar surface area (TPSA) is 64.4 Å². The molecule has 0 radical (unpaired) electrons. The number of nitrogens with one attached hydrogen (secondary N) is 1. The second-order valence-corrected chi connectivity index (χ2v) is 5.55. The van der Waals surface area contributed by atoms with Crippen molar-refractivity contribution in [1.82, 2.24) is 5.32 Å². The van der Waals surface area contributed by atoms with Gasteiger partial charge in [-0.05, 0) is 29.6 Å². The molecule has 112 valence electrons. The quantitative estimate of drug-likeness (QED) is 0.600. The number of hydrogen-bond acceptors (Lipinski definition) is 5. The molecule has 5 nitrogen and oxygen atoms in total. The van der Waals surface area contributed by atoms with E-state index in [9.17, 15) is 10.1 Å². The minimum atomic E-state index is -0.405. The van der Waals surface area contributed by atoms with Crippen LogP contribution >= 0.6 is 11.3 Å². The number of nitro groups is 1. The van der Waals surface area contributed by atoms with Crippen LogP contribution in [0.4, 0.5) is 5.69 Å². The second kappa shape index (κ2) is 7.75. The molecular formula is C15H18N2O3S. The largest absolute Gasteiger partial charge is 0.486 e. The molecule has 0 fully saturated rings. The zero-order valence-electron chi connectivity index (χ0n) is 11.9. The fourth-order valence-electron chi connectivity index (χ4n) is 1.92. The molecule has 0 aliphatic carbocycles. The van der Waals surface area contributed by atoms with Crippen molar-refractivity contribution in [3.05, 3.63) is 56.3 Å². The average Bonchev–Trinajstić information content (AvgIpc) is 2.98. The molecule has 6 heteroatoms. The Morgan fingerprint density at radius 2 is 2.24 bits per heavy atom. The number of nitro benzene ring substituents is 1. The van der Waals surface area contributed by atoms with E-state index < -0.39 is 4.92 Å². The van der Waals surface area contributed by atoms with Gasteiger partial charge in [0.15, 0.2) is 5.75 Å². The van der Waals surface area contributed by atoms with Crippen LogP contribution in [0.25, 0.3) is 0 Å². The Hall–Kier alpha value is -1.92. The van der Waals surface area contributed by atoms with Crippen molar-refractivity contribution in [2.45, 2.75) is 19.9 Å². The SMILES string of the molecule is CCNCc1ccc([N+](=O)[O-])c(OCCc2cccs2)c1. The summed E-state index contributed by atoms with van der Waals surface area (Å²) in [4.78, 5) is 11.9. The molecule has 0 amide bonds. The van der Waals surface area contributed by atoms with E-state index in [-0.39, 0.29) is 5.69 Å². The lowest BCUT2D eigenvalue weighted by Crippen LogP contribution is -2.12. The van der Waals surface area contributed by atoms with Gasteiger partial charge in [0.2, 0.25) is 0 Å². The highest BCUT2D eigenvalue weighted by atomic mass is 32.1. The van der Waals surface area contributed by atoms with Gasteiger partial charge in [0.1, 0.15) is 0 Å². The summed E-state index contributed by atoms with van der Waals surface area (Å²) >= 11 is 1.66. The Morgan fingerprint density at radius 3 is 2.90 bits per heavy atom. The van der Waals surface area contributed by atoms with E-state index in [1.165, 1.54) is 10.9 Å². The first kappa shape index (κ1) is 15.5. The number of thiophene rings is 1. The normalized spacial score (nSPS) is 10.5. The van der Waals surface area contributed by atoms with Crippen LogP contribution in [0.2, 0.25) is 0 Å². The smallest absolute Gasteiger partial charge is 0.310 e. The van der Waals surface area contributed by atoms with E-state index >= 15 is 0 Å². The van der Waals surface area contributed by atoms with Crippen molar-refractivity contribution in [1.29, 1.82) is 0 Å². The van der Waals surface area contributed by atoms with E-state index in [4.69, 9.17) is 4.74 Å². The molecule has 0 saturated carbocycles. The zero-order valence-corrected chi connectivity index (χ0v) is 12.7. The fraction of sp³-hybridized carbons (Fsp3) is 0.333. The summed E-state index contributed by atoms with van der Waals surface area (Å²) in [5.41, 5.74) is 0.995.